The Morgan fingerprint density at radius 3 is 2.65 bits per heavy atom. The Hall–Kier alpha value is -4.12. The second kappa shape index (κ2) is 9.51. The fourth-order valence-electron chi connectivity index (χ4n) is 6.14. The van der Waals surface area contributed by atoms with E-state index < -0.39 is 16.2 Å². The van der Waals surface area contributed by atoms with Crippen LogP contribution in [0, 0.1) is 5.82 Å². The first-order valence-corrected chi connectivity index (χ1v) is 14.5. The monoisotopic (exact) mass is 555 g/mol. The van der Waals surface area contributed by atoms with E-state index in [2.05, 4.69) is 32.2 Å². The highest BCUT2D eigenvalue weighted by Crippen LogP contribution is 2.48. The molecule has 10 heteroatoms. The average molecular weight is 556 g/mol. The molecule has 1 fully saturated rings. The molecule has 202 valence electrons. The second-order valence-corrected chi connectivity index (χ2v) is 11.9. The molecule has 40 heavy (non-hydrogen) atoms. The largest absolute Gasteiger partial charge is 0.494 e. The molecule has 7 rings (SSSR count). The van der Waals surface area contributed by atoms with E-state index in [9.17, 15) is 12.8 Å². The lowest BCUT2D eigenvalue weighted by Crippen LogP contribution is -2.37. The molecule has 2 aromatic heterocycles. The molecule has 0 bridgehead atoms. The predicted molar refractivity (Wildman–Crippen MR) is 149 cm³/mol. The molecule has 0 saturated carbocycles. The highest BCUT2D eigenvalue weighted by atomic mass is 32.2. The van der Waals surface area contributed by atoms with Gasteiger partial charge in [-0.3, -0.25) is 15.0 Å². The number of benzene rings is 3. The van der Waals surface area contributed by atoms with Gasteiger partial charge in [0, 0.05) is 35.8 Å². The average Bonchev–Trinajstić information content (AvgIpc) is 3.62. The van der Waals surface area contributed by atoms with Gasteiger partial charge in [0.05, 0.1) is 29.9 Å². The zero-order valence-corrected chi connectivity index (χ0v) is 22.5. The summed E-state index contributed by atoms with van der Waals surface area (Å²) >= 11 is 0. The van der Waals surface area contributed by atoms with Crippen molar-refractivity contribution >= 4 is 20.9 Å². The molecular formula is C30H26FN5O3S. The van der Waals surface area contributed by atoms with Crippen LogP contribution in [0.3, 0.4) is 0 Å². The van der Waals surface area contributed by atoms with Gasteiger partial charge in [-0.1, -0.05) is 24.3 Å². The molecular weight excluding hydrogens is 529 g/mol. The van der Waals surface area contributed by atoms with E-state index in [1.165, 1.54) is 17.7 Å². The topological polar surface area (TPSA) is 91.4 Å². The van der Waals surface area contributed by atoms with Gasteiger partial charge in [-0.25, -0.2) is 12.8 Å². The van der Waals surface area contributed by atoms with Crippen molar-refractivity contribution in [3.63, 3.8) is 0 Å². The van der Waals surface area contributed by atoms with Gasteiger partial charge in [0.1, 0.15) is 23.2 Å². The fourth-order valence-corrected chi connectivity index (χ4v) is 7.91. The summed E-state index contributed by atoms with van der Waals surface area (Å²) in [5.41, 5.74) is 4.95. The van der Waals surface area contributed by atoms with Crippen molar-refractivity contribution in [1.82, 2.24) is 24.4 Å². The molecule has 4 heterocycles. The van der Waals surface area contributed by atoms with Crippen molar-refractivity contribution in [3.8, 4) is 17.0 Å². The standard InChI is InChI=1S/C30H26FN5O3S/c1-39-26-12-13-27(23-7-4-15-32-29(23)26)40(37,38)36-18-25-22-6-3-2-5-19(22)14-16-35(25)30(36)24-17-33-34-28(24)20-8-10-21(31)11-9-20/h2-13,15,17,25,30H,14,16,18H2,1H3,(H,33,34). The predicted octanol–water partition coefficient (Wildman–Crippen LogP) is 5.08. The Kier molecular flexibility index (Phi) is 5.92. The number of halogens is 1. The lowest BCUT2D eigenvalue weighted by atomic mass is 9.93. The Balaban J connectivity index is 1.41. The maximum Gasteiger partial charge on any atom is 0.245 e. The first-order valence-electron chi connectivity index (χ1n) is 13.0. The van der Waals surface area contributed by atoms with Gasteiger partial charge in [-0.2, -0.15) is 9.40 Å². The Morgan fingerprint density at radius 1 is 1.00 bits per heavy atom. The van der Waals surface area contributed by atoms with Crippen LogP contribution in [0.2, 0.25) is 0 Å². The molecule has 2 aliphatic heterocycles. The minimum Gasteiger partial charge on any atom is -0.494 e. The van der Waals surface area contributed by atoms with Crippen molar-refractivity contribution in [2.75, 3.05) is 20.2 Å². The van der Waals surface area contributed by atoms with E-state index in [0.717, 1.165) is 17.5 Å². The van der Waals surface area contributed by atoms with Gasteiger partial charge in [0.2, 0.25) is 10.0 Å². The number of ether oxygens (including phenoxy) is 1. The summed E-state index contributed by atoms with van der Waals surface area (Å²) in [5, 5.41) is 7.86. The van der Waals surface area contributed by atoms with Crippen molar-refractivity contribution < 1.29 is 17.5 Å². The number of hydrogen-bond acceptors (Lipinski definition) is 6. The number of pyridine rings is 1. The van der Waals surface area contributed by atoms with Crippen molar-refractivity contribution in [1.29, 1.82) is 0 Å². The third-order valence-electron chi connectivity index (χ3n) is 7.97. The summed E-state index contributed by atoms with van der Waals surface area (Å²) in [6, 6.07) is 20.9. The third-order valence-corrected chi connectivity index (χ3v) is 9.85. The number of fused-ring (bicyclic) bond motifs is 4. The molecule has 0 aliphatic carbocycles. The van der Waals surface area contributed by atoms with E-state index in [0.29, 0.717) is 34.5 Å². The van der Waals surface area contributed by atoms with E-state index in [1.807, 2.05) is 12.1 Å². The summed E-state index contributed by atoms with van der Waals surface area (Å²) in [6.07, 6.45) is 3.48. The zero-order valence-electron chi connectivity index (χ0n) is 21.7. The highest BCUT2D eigenvalue weighted by molar-refractivity contribution is 7.89. The second-order valence-electron chi connectivity index (χ2n) is 10.0. The van der Waals surface area contributed by atoms with Crippen LogP contribution in [-0.2, 0) is 16.4 Å². The minimum atomic E-state index is -4.04. The number of rotatable bonds is 5. The summed E-state index contributed by atoms with van der Waals surface area (Å²) in [6.45, 7) is 0.948. The zero-order chi connectivity index (χ0) is 27.4. The Labute approximate surface area is 231 Å². The molecule has 5 aromatic rings. The fraction of sp³-hybridized carbons (Fsp3) is 0.200. The number of hydrogen-bond donors (Lipinski definition) is 1. The first kappa shape index (κ1) is 24.9. The third kappa shape index (κ3) is 3.82. The Bertz CT molecular complexity index is 1840. The molecule has 1 saturated heterocycles. The number of nitrogens with one attached hydrogen (secondary N) is 1. The molecule has 1 N–H and O–H groups in total. The number of sulfonamides is 1. The van der Waals surface area contributed by atoms with Gasteiger partial charge < -0.3 is 4.74 Å². The summed E-state index contributed by atoms with van der Waals surface area (Å²) in [7, 11) is -2.50. The first-order chi connectivity index (χ1) is 19.5. The van der Waals surface area contributed by atoms with Gasteiger partial charge in [-0.15, -0.1) is 0 Å². The van der Waals surface area contributed by atoms with Gasteiger partial charge >= 0.3 is 0 Å². The maximum atomic E-state index is 14.7. The summed E-state index contributed by atoms with van der Waals surface area (Å²) in [4.78, 5) is 6.83. The van der Waals surface area contributed by atoms with Crippen molar-refractivity contribution in [3.05, 3.63) is 108 Å². The minimum absolute atomic E-state index is 0.136. The van der Waals surface area contributed by atoms with Crippen molar-refractivity contribution in [2.24, 2.45) is 0 Å². The Morgan fingerprint density at radius 2 is 1.82 bits per heavy atom. The lowest BCUT2D eigenvalue weighted by Gasteiger charge is -2.35. The number of aromatic amines is 1. The molecule has 0 amide bonds. The molecule has 0 radical (unpaired) electrons. The number of methoxy groups -OCH3 is 1. The molecule has 3 aromatic carbocycles. The summed E-state index contributed by atoms with van der Waals surface area (Å²) in [5.74, 6) is 0.162. The van der Waals surface area contributed by atoms with Crippen LogP contribution in [0.25, 0.3) is 22.2 Å². The van der Waals surface area contributed by atoms with Crippen LogP contribution >= 0.6 is 0 Å². The molecule has 2 atom stereocenters. The van der Waals surface area contributed by atoms with E-state index in [1.54, 1.807) is 60.2 Å². The number of aromatic nitrogens is 3. The van der Waals surface area contributed by atoms with E-state index in [4.69, 9.17) is 4.74 Å². The lowest BCUT2D eigenvalue weighted by molar-refractivity contribution is 0.155. The number of H-pyrrole nitrogens is 1. The smallest absolute Gasteiger partial charge is 0.245 e. The summed E-state index contributed by atoms with van der Waals surface area (Å²) < 4.78 is 50.1. The van der Waals surface area contributed by atoms with Crippen LogP contribution in [0.15, 0.2) is 90.1 Å². The van der Waals surface area contributed by atoms with Gasteiger partial charge in [0.25, 0.3) is 0 Å². The van der Waals surface area contributed by atoms with E-state index in [-0.39, 0.29) is 23.3 Å². The normalized spacial score (nSPS) is 19.4. The SMILES string of the molecule is COc1ccc(S(=O)(=O)N2CC3c4ccccc4CCN3C2c2cn[nH]c2-c2ccc(F)cc2)c2cccnc12. The molecule has 2 unspecified atom stereocenters. The highest BCUT2D eigenvalue weighted by Gasteiger charge is 2.50. The van der Waals surface area contributed by atoms with Crippen LogP contribution in [0.1, 0.15) is 28.9 Å². The molecule has 8 nitrogen and oxygen atoms in total. The van der Waals surface area contributed by atoms with Gasteiger partial charge in [-0.05, 0) is 66.1 Å². The van der Waals surface area contributed by atoms with Crippen LogP contribution in [-0.4, -0.2) is 53.0 Å². The van der Waals surface area contributed by atoms with Crippen molar-refractivity contribution in [2.45, 2.75) is 23.5 Å². The maximum absolute atomic E-state index is 14.7. The number of nitrogens with zero attached hydrogens (tertiary/aromatic N) is 4. The van der Waals surface area contributed by atoms with Crippen LogP contribution in [0.4, 0.5) is 4.39 Å². The van der Waals surface area contributed by atoms with E-state index >= 15 is 0 Å². The molecule has 2 aliphatic rings. The molecule has 0 spiro atoms. The quantitative estimate of drug-likeness (QED) is 0.326. The van der Waals surface area contributed by atoms with Crippen LogP contribution < -0.4 is 4.74 Å². The van der Waals surface area contributed by atoms with Gasteiger partial charge in [0.15, 0.2) is 0 Å². The van der Waals surface area contributed by atoms with Crippen LogP contribution in [0.5, 0.6) is 5.75 Å².